The first-order valence-electron chi connectivity index (χ1n) is 7.33. The number of carbonyl (C=O) groups excluding carboxylic acids is 1. The Bertz CT molecular complexity index is 868. The van der Waals surface area contributed by atoms with E-state index in [2.05, 4.69) is 15.5 Å². The van der Waals surface area contributed by atoms with Crippen LogP contribution in [0.15, 0.2) is 52.9 Å². The molecular formula is C17H13F2N3OS2. The Morgan fingerprint density at radius 1 is 1.04 bits per heavy atom. The summed E-state index contributed by atoms with van der Waals surface area (Å²) in [5.74, 6) is -0.294. The second kappa shape index (κ2) is 8.17. The molecule has 2 aromatic carbocycles. The van der Waals surface area contributed by atoms with Crippen molar-refractivity contribution in [3.63, 3.8) is 0 Å². The van der Waals surface area contributed by atoms with E-state index in [9.17, 15) is 13.6 Å². The normalized spacial score (nSPS) is 10.6. The number of rotatable bonds is 6. The number of benzene rings is 2. The van der Waals surface area contributed by atoms with Crippen molar-refractivity contribution in [3.05, 3.63) is 71.3 Å². The van der Waals surface area contributed by atoms with Crippen molar-refractivity contribution in [1.29, 1.82) is 0 Å². The number of hydrogen-bond acceptors (Lipinski definition) is 5. The lowest BCUT2D eigenvalue weighted by Gasteiger charge is -2.01. The highest BCUT2D eigenvalue weighted by Crippen LogP contribution is 2.28. The van der Waals surface area contributed by atoms with Crippen LogP contribution >= 0.6 is 23.1 Å². The molecule has 0 saturated heterocycles. The summed E-state index contributed by atoms with van der Waals surface area (Å²) in [5, 5.41) is 11.0. The Morgan fingerprint density at radius 2 is 1.84 bits per heavy atom. The summed E-state index contributed by atoms with van der Waals surface area (Å²) in [7, 11) is 0. The maximum absolute atomic E-state index is 13.1. The Labute approximate surface area is 151 Å². The van der Waals surface area contributed by atoms with Gasteiger partial charge in [-0.2, -0.15) is 0 Å². The molecule has 0 spiro atoms. The standard InChI is InChI=1S/C17H13F2N3OS2/c18-13-6-4-11(5-7-13)10-24-17-22-21-16(25-17)20-15(23)9-12-2-1-3-14(19)8-12/h1-8H,9-10H2,(H,20,21,23). The molecule has 0 aliphatic heterocycles. The number of thioether (sulfide) groups is 1. The van der Waals surface area contributed by atoms with Gasteiger partial charge in [-0.05, 0) is 35.4 Å². The van der Waals surface area contributed by atoms with E-state index in [1.807, 2.05) is 0 Å². The van der Waals surface area contributed by atoms with Crippen LogP contribution in [0.25, 0.3) is 0 Å². The third-order valence-electron chi connectivity index (χ3n) is 3.18. The average Bonchev–Trinajstić information content (AvgIpc) is 3.01. The second-order valence-corrected chi connectivity index (χ2v) is 7.34. The van der Waals surface area contributed by atoms with Gasteiger partial charge in [0.15, 0.2) is 4.34 Å². The van der Waals surface area contributed by atoms with Gasteiger partial charge in [0.2, 0.25) is 11.0 Å². The number of aromatic nitrogens is 2. The Hall–Kier alpha value is -2.32. The lowest BCUT2D eigenvalue weighted by molar-refractivity contribution is -0.115. The van der Waals surface area contributed by atoms with Crippen molar-refractivity contribution in [2.75, 3.05) is 5.32 Å². The molecule has 3 rings (SSSR count). The molecular weight excluding hydrogens is 364 g/mol. The number of hydrogen-bond donors (Lipinski definition) is 1. The highest BCUT2D eigenvalue weighted by Gasteiger charge is 2.10. The molecule has 25 heavy (non-hydrogen) atoms. The molecule has 128 valence electrons. The maximum Gasteiger partial charge on any atom is 0.230 e. The average molecular weight is 377 g/mol. The van der Waals surface area contributed by atoms with Crippen LogP contribution in [0.5, 0.6) is 0 Å². The molecule has 0 atom stereocenters. The van der Waals surface area contributed by atoms with Gasteiger partial charge in [0.05, 0.1) is 6.42 Å². The molecule has 0 aliphatic carbocycles. The zero-order chi connectivity index (χ0) is 17.6. The zero-order valence-electron chi connectivity index (χ0n) is 12.9. The highest BCUT2D eigenvalue weighted by atomic mass is 32.2. The van der Waals surface area contributed by atoms with E-state index in [4.69, 9.17) is 0 Å². The SMILES string of the molecule is O=C(Cc1cccc(F)c1)Nc1nnc(SCc2ccc(F)cc2)s1. The van der Waals surface area contributed by atoms with Crippen molar-refractivity contribution < 1.29 is 13.6 Å². The van der Waals surface area contributed by atoms with Gasteiger partial charge in [0.25, 0.3) is 0 Å². The topological polar surface area (TPSA) is 54.9 Å². The molecule has 1 heterocycles. The Morgan fingerprint density at radius 3 is 2.60 bits per heavy atom. The van der Waals surface area contributed by atoms with Crippen LogP contribution in [0, 0.1) is 11.6 Å². The largest absolute Gasteiger partial charge is 0.300 e. The van der Waals surface area contributed by atoms with E-state index in [1.165, 1.54) is 47.4 Å². The summed E-state index contributed by atoms with van der Waals surface area (Å²) in [5.41, 5.74) is 1.56. The van der Waals surface area contributed by atoms with Crippen molar-refractivity contribution in [1.82, 2.24) is 10.2 Å². The minimum Gasteiger partial charge on any atom is -0.300 e. The first-order chi connectivity index (χ1) is 12.1. The third-order valence-corrected chi connectivity index (χ3v) is 5.23. The number of nitrogens with zero attached hydrogens (tertiary/aromatic N) is 2. The van der Waals surface area contributed by atoms with E-state index in [1.54, 1.807) is 24.3 Å². The molecule has 3 aromatic rings. The third kappa shape index (κ3) is 5.33. The van der Waals surface area contributed by atoms with Gasteiger partial charge in [-0.1, -0.05) is 47.4 Å². The number of amides is 1. The molecule has 0 aliphatic rings. The fourth-order valence-electron chi connectivity index (χ4n) is 2.04. The quantitative estimate of drug-likeness (QED) is 0.514. The molecule has 0 fully saturated rings. The van der Waals surface area contributed by atoms with Gasteiger partial charge in [-0.25, -0.2) is 8.78 Å². The molecule has 1 N–H and O–H groups in total. The second-order valence-electron chi connectivity index (χ2n) is 5.14. The first kappa shape index (κ1) is 17.5. The fraction of sp³-hybridized carbons (Fsp3) is 0.118. The van der Waals surface area contributed by atoms with Gasteiger partial charge in [0, 0.05) is 5.75 Å². The Kier molecular flexibility index (Phi) is 5.72. The van der Waals surface area contributed by atoms with E-state index in [-0.39, 0.29) is 24.0 Å². The Balaban J connectivity index is 1.52. The van der Waals surface area contributed by atoms with Crippen LogP contribution in [0.3, 0.4) is 0 Å². The zero-order valence-corrected chi connectivity index (χ0v) is 14.5. The van der Waals surface area contributed by atoms with Crippen LogP contribution in [0.4, 0.5) is 13.9 Å². The van der Waals surface area contributed by atoms with Crippen molar-refractivity contribution >= 4 is 34.1 Å². The monoisotopic (exact) mass is 377 g/mol. The summed E-state index contributed by atoms with van der Waals surface area (Å²) in [6.07, 6.45) is 0.0649. The van der Waals surface area contributed by atoms with E-state index in [0.29, 0.717) is 20.8 Å². The lowest BCUT2D eigenvalue weighted by Crippen LogP contribution is -2.14. The summed E-state index contributed by atoms with van der Waals surface area (Å²) in [6.45, 7) is 0. The minimum atomic E-state index is -0.374. The van der Waals surface area contributed by atoms with Crippen molar-refractivity contribution in [2.24, 2.45) is 0 Å². The fourth-order valence-corrected chi connectivity index (χ4v) is 3.76. The van der Waals surface area contributed by atoms with Crippen LogP contribution in [0.2, 0.25) is 0 Å². The van der Waals surface area contributed by atoms with Gasteiger partial charge in [-0.15, -0.1) is 10.2 Å². The predicted molar refractivity (Wildman–Crippen MR) is 94.6 cm³/mol. The molecule has 0 bridgehead atoms. The molecule has 1 amide bonds. The van der Waals surface area contributed by atoms with Gasteiger partial charge < -0.3 is 5.32 Å². The number of anilines is 1. The van der Waals surface area contributed by atoms with Crippen LogP contribution < -0.4 is 5.32 Å². The molecule has 0 saturated carbocycles. The van der Waals surface area contributed by atoms with Gasteiger partial charge in [-0.3, -0.25) is 4.79 Å². The lowest BCUT2D eigenvalue weighted by atomic mass is 10.1. The highest BCUT2D eigenvalue weighted by molar-refractivity contribution is 8.00. The summed E-state index contributed by atoms with van der Waals surface area (Å²) >= 11 is 2.71. The number of carbonyl (C=O) groups is 1. The summed E-state index contributed by atoms with van der Waals surface area (Å²) in [4.78, 5) is 12.0. The molecule has 0 unspecified atom stereocenters. The summed E-state index contributed by atoms with van der Waals surface area (Å²) in [6, 6.07) is 12.2. The predicted octanol–water partition coefficient (Wildman–Crippen LogP) is 4.29. The molecule has 0 radical (unpaired) electrons. The van der Waals surface area contributed by atoms with E-state index in [0.717, 1.165) is 5.56 Å². The van der Waals surface area contributed by atoms with Crippen LogP contribution in [0.1, 0.15) is 11.1 Å². The van der Waals surface area contributed by atoms with E-state index < -0.39 is 0 Å². The minimum absolute atomic E-state index is 0.0649. The van der Waals surface area contributed by atoms with E-state index >= 15 is 0 Å². The molecule has 1 aromatic heterocycles. The number of nitrogens with one attached hydrogen (secondary N) is 1. The summed E-state index contributed by atoms with van der Waals surface area (Å²) < 4.78 is 26.7. The van der Waals surface area contributed by atoms with Crippen LogP contribution in [-0.4, -0.2) is 16.1 Å². The number of halogens is 2. The van der Waals surface area contributed by atoms with Crippen molar-refractivity contribution in [2.45, 2.75) is 16.5 Å². The molecule has 4 nitrogen and oxygen atoms in total. The van der Waals surface area contributed by atoms with Gasteiger partial charge in [0.1, 0.15) is 11.6 Å². The smallest absolute Gasteiger partial charge is 0.230 e. The molecule has 8 heteroatoms. The van der Waals surface area contributed by atoms with Crippen molar-refractivity contribution in [3.8, 4) is 0 Å². The van der Waals surface area contributed by atoms with Crippen LogP contribution in [-0.2, 0) is 17.0 Å². The first-order valence-corrected chi connectivity index (χ1v) is 9.14. The van der Waals surface area contributed by atoms with Gasteiger partial charge >= 0.3 is 0 Å². The maximum atomic E-state index is 13.1.